The molecule has 2 aliphatic rings. The number of hydrogen-bond acceptors (Lipinski definition) is 2. The summed E-state index contributed by atoms with van der Waals surface area (Å²) in [5.74, 6) is 0.0336. The van der Waals surface area contributed by atoms with Gasteiger partial charge < -0.3 is 9.88 Å². The second-order valence-electron chi connectivity index (χ2n) is 6.25. The van der Waals surface area contributed by atoms with Gasteiger partial charge in [-0.2, -0.15) is 0 Å². The molecule has 23 heavy (non-hydrogen) atoms. The number of ketones is 1. The number of nitrogens with one attached hydrogen (secondary N) is 1. The van der Waals surface area contributed by atoms with Gasteiger partial charge in [0.2, 0.25) is 0 Å². The highest BCUT2D eigenvalue weighted by Crippen LogP contribution is 2.32. The highest BCUT2D eigenvalue weighted by molar-refractivity contribution is 6.08. The molecule has 0 atom stereocenters. The van der Waals surface area contributed by atoms with Crippen molar-refractivity contribution in [2.75, 3.05) is 6.54 Å². The lowest BCUT2D eigenvalue weighted by molar-refractivity contribution is 0.104. The first kappa shape index (κ1) is 14.1. The quantitative estimate of drug-likeness (QED) is 0.678. The molecule has 1 aromatic carbocycles. The predicted octanol–water partition coefficient (Wildman–Crippen LogP) is 3.66. The fourth-order valence-electron chi connectivity index (χ4n) is 3.57. The van der Waals surface area contributed by atoms with Crippen LogP contribution in [0.5, 0.6) is 0 Å². The van der Waals surface area contributed by atoms with Crippen LogP contribution in [0.1, 0.15) is 40.2 Å². The van der Waals surface area contributed by atoms with E-state index < -0.39 is 0 Å². The molecular formula is C20H20N2O. The van der Waals surface area contributed by atoms with Gasteiger partial charge in [-0.25, -0.2) is 0 Å². The van der Waals surface area contributed by atoms with Crippen LogP contribution in [-0.4, -0.2) is 16.9 Å². The molecule has 2 heterocycles. The van der Waals surface area contributed by atoms with Crippen molar-refractivity contribution < 1.29 is 4.79 Å². The van der Waals surface area contributed by atoms with E-state index in [0.717, 1.165) is 29.9 Å². The van der Waals surface area contributed by atoms with Crippen molar-refractivity contribution in [3.05, 3.63) is 71.6 Å². The summed E-state index contributed by atoms with van der Waals surface area (Å²) >= 11 is 0. The Bertz CT molecular complexity index is 812. The Morgan fingerprint density at radius 3 is 2.78 bits per heavy atom. The Morgan fingerprint density at radius 1 is 1.17 bits per heavy atom. The summed E-state index contributed by atoms with van der Waals surface area (Å²) in [6.45, 7) is 4.88. The van der Waals surface area contributed by atoms with Crippen molar-refractivity contribution >= 4 is 17.2 Å². The van der Waals surface area contributed by atoms with E-state index in [1.807, 2.05) is 30.3 Å². The maximum absolute atomic E-state index is 12.5. The van der Waals surface area contributed by atoms with E-state index >= 15 is 0 Å². The minimum Gasteiger partial charge on any atom is -0.378 e. The average Bonchev–Trinajstić information content (AvgIpc) is 2.98. The summed E-state index contributed by atoms with van der Waals surface area (Å²) in [6, 6.07) is 11.6. The number of nitrogens with zero attached hydrogens (tertiary/aromatic N) is 1. The molecule has 0 spiro atoms. The van der Waals surface area contributed by atoms with Gasteiger partial charge in [-0.1, -0.05) is 36.9 Å². The highest BCUT2D eigenvalue weighted by atomic mass is 16.1. The monoisotopic (exact) mass is 304 g/mol. The maximum Gasteiger partial charge on any atom is 0.187 e. The largest absolute Gasteiger partial charge is 0.378 e. The molecule has 0 radical (unpaired) electrons. The number of carbonyl (C=O) groups is 1. The molecule has 0 fully saturated rings. The molecule has 2 aromatic rings. The number of hydrogen-bond donors (Lipinski definition) is 1. The summed E-state index contributed by atoms with van der Waals surface area (Å²) < 4.78 is 2.26. The highest BCUT2D eigenvalue weighted by Gasteiger charge is 2.25. The molecule has 0 unspecified atom stereocenters. The summed E-state index contributed by atoms with van der Waals surface area (Å²) in [4.78, 5) is 12.5. The average molecular weight is 304 g/mol. The van der Waals surface area contributed by atoms with E-state index in [-0.39, 0.29) is 5.78 Å². The molecule has 3 heteroatoms. The minimum absolute atomic E-state index is 0.0336. The van der Waals surface area contributed by atoms with Crippen LogP contribution in [0.25, 0.3) is 11.4 Å². The second kappa shape index (κ2) is 5.58. The summed E-state index contributed by atoms with van der Waals surface area (Å²) in [5.41, 5.74) is 6.56. The lowest BCUT2D eigenvalue weighted by atomic mass is 9.98. The predicted molar refractivity (Wildman–Crippen MR) is 93.2 cm³/mol. The van der Waals surface area contributed by atoms with Crippen LogP contribution in [0, 0.1) is 0 Å². The van der Waals surface area contributed by atoms with E-state index in [0.29, 0.717) is 12.1 Å². The van der Waals surface area contributed by atoms with Crippen LogP contribution in [0.2, 0.25) is 0 Å². The lowest BCUT2D eigenvalue weighted by Crippen LogP contribution is -2.27. The molecule has 0 saturated heterocycles. The topological polar surface area (TPSA) is 34.0 Å². The van der Waals surface area contributed by atoms with Crippen molar-refractivity contribution in [3.8, 4) is 0 Å². The first-order valence-corrected chi connectivity index (χ1v) is 8.21. The second-order valence-corrected chi connectivity index (χ2v) is 6.25. The number of rotatable bonds is 2. The van der Waals surface area contributed by atoms with Crippen molar-refractivity contribution in [3.63, 3.8) is 0 Å². The molecule has 1 aliphatic heterocycles. The smallest absolute Gasteiger partial charge is 0.187 e. The van der Waals surface area contributed by atoms with Gasteiger partial charge in [-0.3, -0.25) is 4.79 Å². The fourth-order valence-corrected chi connectivity index (χ4v) is 3.57. The van der Waals surface area contributed by atoms with Crippen LogP contribution < -0.4 is 5.32 Å². The van der Waals surface area contributed by atoms with E-state index in [2.05, 4.69) is 22.5 Å². The van der Waals surface area contributed by atoms with E-state index in [1.54, 1.807) is 6.08 Å². The SMILES string of the molecule is C=C1CN/C(=C\C(=O)c2ccccc2)c2cc3c(n21)CCCC3. The molecule has 1 N–H and O–H groups in total. The molecule has 4 rings (SSSR count). The van der Waals surface area contributed by atoms with E-state index in [4.69, 9.17) is 0 Å². The number of benzene rings is 1. The Labute approximate surface area is 136 Å². The standard InChI is InChI=1S/C20H20N2O/c1-14-13-21-17(12-20(23)15-7-3-2-4-8-15)19-11-16-9-5-6-10-18(16)22(14)19/h2-4,7-8,11-12,21H,1,5-6,9-10,13H2/b17-12-. The van der Waals surface area contributed by atoms with Gasteiger partial charge in [0.25, 0.3) is 0 Å². The fraction of sp³-hybridized carbons (Fsp3) is 0.250. The number of allylic oxidation sites excluding steroid dienone is 1. The van der Waals surface area contributed by atoms with Gasteiger partial charge in [0.05, 0.1) is 17.9 Å². The third kappa shape index (κ3) is 2.42. The van der Waals surface area contributed by atoms with Gasteiger partial charge in [0.15, 0.2) is 5.78 Å². The molecule has 116 valence electrons. The molecular weight excluding hydrogens is 284 g/mol. The molecule has 0 saturated carbocycles. The summed E-state index contributed by atoms with van der Waals surface area (Å²) in [7, 11) is 0. The Hall–Kier alpha value is -2.55. The van der Waals surface area contributed by atoms with Crippen molar-refractivity contribution in [2.24, 2.45) is 0 Å². The van der Waals surface area contributed by atoms with Crippen LogP contribution in [0.4, 0.5) is 0 Å². The Balaban J connectivity index is 1.77. The van der Waals surface area contributed by atoms with Gasteiger partial charge in [-0.15, -0.1) is 0 Å². The number of carbonyl (C=O) groups excluding carboxylic acids is 1. The van der Waals surface area contributed by atoms with Crippen LogP contribution in [0.3, 0.4) is 0 Å². The number of fused-ring (bicyclic) bond motifs is 3. The van der Waals surface area contributed by atoms with Crippen molar-refractivity contribution in [2.45, 2.75) is 25.7 Å². The van der Waals surface area contributed by atoms with Crippen LogP contribution in [0.15, 0.2) is 49.1 Å². The van der Waals surface area contributed by atoms with Crippen LogP contribution in [-0.2, 0) is 12.8 Å². The normalized spacial score (nSPS) is 18.3. The first-order valence-electron chi connectivity index (χ1n) is 8.21. The van der Waals surface area contributed by atoms with Gasteiger partial charge in [-0.05, 0) is 37.3 Å². The van der Waals surface area contributed by atoms with E-state index in [1.165, 1.54) is 24.1 Å². The summed E-state index contributed by atoms with van der Waals surface area (Å²) in [6.07, 6.45) is 6.44. The first-order chi connectivity index (χ1) is 11.2. The third-order valence-corrected chi connectivity index (χ3v) is 4.71. The molecule has 3 nitrogen and oxygen atoms in total. The van der Waals surface area contributed by atoms with Gasteiger partial charge in [0, 0.05) is 23.0 Å². The Morgan fingerprint density at radius 2 is 1.96 bits per heavy atom. The Kier molecular flexibility index (Phi) is 3.41. The molecule has 1 aliphatic carbocycles. The minimum atomic E-state index is 0.0336. The van der Waals surface area contributed by atoms with Crippen molar-refractivity contribution in [1.29, 1.82) is 0 Å². The lowest BCUT2D eigenvalue weighted by Gasteiger charge is -2.25. The van der Waals surface area contributed by atoms with Crippen LogP contribution >= 0.6 is 0 Å². The molecule has 0 bridgehead atoms. The van der Waals surface area contributed by atoms with Gasteiger partial charge >= 0.3 is 0 Å². The number of aryl methyl sites for hydroxylation is 1. The third-order valence-electron chi connectivity index (χ3n) is 4.71. The molecule has 1 aromatic heterocycles. The zero-order valence-electron chi connectivity index (χ0n) is 13.1. The zero-order valence-corrected chi connectivity index (χ0v) is 13.1. The van der Waals surface area contributed by atoms with E-state index in [9.17, 15) is 4.79 Å². The van der Waals surface area contributed by atoms with Gasteiger partial charge in [0.1, 0.15) is 0 Å². The van der Waals surface area contributed by atoms with Crippen molar-refractivity contribution in [1.82, 2.24) is 9.88 Å². The number of aromatic nitrogens is 1. The zero-order chi connectivity index (χ0) is 15.8. The maximum atomic E-state index is 12.5. The molecule has 0 amide bonds. The summed E-state index contributed by atoms with van der Waals surface area (Å²) in [5, 5.41) is 3.35.